The number of aromatic carboxylic acids is 1. The number of rotatable bonds is 4. The van der Waals surface area contributed by atoms with Crippen LogP contribution in [-0.4, -0.2) is 36.8 Å². The van der Waals surface area contributed by atoms with Crippen LogP contribution in [0.5, 0.6) is 11.5 Å². The number of ether oxygens (including phenoxy) is 3. The standard InChI is InChI=1S/C12H11F3O5/c13-12(14,15)20-9-2-1-7(11(16)17)5-10(9)19-8-3-4-18-6-8/h1-2,5,8H,3-4,6H2,(H,16,17). The van der Waals surface area contributed by atoms with Crippen molar-refractivity contribution in [3.05, 3.63) is 23.8 Å². The van der Waals surface area contributed by atoms with Gasteiger partial charge in [0.05, 0.1) is 18.8 Å². The van der Waals surface area contributed by atoms with E-state index in [0.29, 0.717) is 13.0 Å². The van der Waals surface area contributed by atoms with E-state index in [2.05, 4.69) is 4.74 Å². The van der Waals surface area contributed by atoms with Gasteiger partial charge >= 0.3 is 12.3 Å². The van der Waals surface area contributed by atoms with Crippen molar-refractivity contribution in [2.24, 2.45) is 0 Å². The fraction of sp³-hybridized carbons (Fsp3) is 0.417. The second-order valence-corrected chi connectivity index (χ2v) is 4.12. The molecular formula is C12H11F3O5. The lowest BCUT2D eigenvalue weighted by Gasteiger charge is -2.17. The van der Waals surface area contributed by atoms with Crippen LogP contribution in [-0.2, 0) is 4.74 Å². The lowest BCUT2D eigenvalue weighted by Crippen LogP contribution is -2.20. The van der Waals surface area contributed by atoms with Gasteiger partial charge in [-0.15, -0.1) is 13.2 Å². The molecule has 1 saturated heterocycles. The van der Waals surface area contributed by atoms with Gasteiger partial charge in [-0.05, 0) is 18.2 Å². The molecule has 0 amide bonds. The highest BCUT2D eigenvalue weighted by Crippen LogP contribution is 2.34. The van der Waals surface area contributed by atoms with Crippen LogP contribution in [0.3, 0.4) is 0 Å². The Bertz CT molecular complexity index is 494. The maximum absolute atomic E-state index is 12.3. The average molecular weight is 292 g/mol. The van der Waals surface area contributed by atoms with Crippen LogP contribution in [0, 0.1) is 0 Å². The molecule has 1 aliphatic rings. The molecule has 2 rings (SSSR count). The van der Waals surface area contributed by atoms with E-state index in [1.54, 1.807) is 0 Å². The summed E-state index contributed by atoms with van der Waals surface area (Å²) in [5.74, 6) is -2.11. The van der Waals surface area contributed by atoms with Crippen LogP contribution in [0.25, 0.3) is 0 Å². The predicted molar refractivity (Wildman–Crippen MR) is 59.9 cm³/mol. The molecule has 110 valence electrons. The van der Waals surface area contributed by atoms with Crippen LogP contribution >= 0.6 is 0 Å². The van der Waals surface area contributed by atoms with E-state index in [1.165, 1.54) is 0 Å². The zero-order valence-corrected chi connectivity index (χ0v) is 10.1. The Morgan fingerprint density at radius 3 is 2.65 bits per heavy atom. The molecule has 0 radical (unpaired) electrons. The molecule has 1 unspecified atom stereocenters. The highest BCUT2D eigenvalue weighted by Gasteiger charge is 2.33. The largest absolute Gasteiger partial charge is 0.573 e. The quantitative estimate of drug-likeness (QED) is 0.923. The van der Waals surface area contributed by atoms with Gasteiger partial charge in [-0.25, -0.2) is 4.79 Å². The number of halogens is 3. The van der Waals surface area contributed by atoms with E-state index in [4.69, 9.17) is 14.6 Å². The molecule has 1 aromatic carbocycles. The summed E-state index contributed by atoms with van der Waals surface area (Å²) in [6, 6.07) is 2.94. The van der Waals surface area contributed by atoms with E-state index in [9.17, 15) is 18.0 Å². The summed E-state index contributed by atoms with van der Waals surface area (Å²) in [5, 5.41) is 8.85. The summed E-state index contributed by atoms with van der Waals surface area (Å²) >= 11 is 0. The van der Waals surface area contributed by atoms with E-state index in [1.807, 2.05) is 0 Å². The SMILES string of the molecule is O=C(O)c1ccc(OC(F)(F)F)c(OC2CCOC2)c1. The Kier molecular flexibility index (Phi) is 4.03. The van der Waals surface area contributed by atoms with Gasteiger partial charge in [-0.1, -0.05) is 0 Å². The molecule has 0 spiro atoms. The number of carboxylic acids is 1. The molecule has 0 saturated carbocycles. The first-order chi connectivity index (χ1) is 9.35. The van der Waals surface area contributed by atoms with Crippen molar-refractivity contribution in [3.63, 3.8) is 0 Å². The predicted octanol–water partition coefficient (Wildman–Crippen LogP) is 2.45. The van der Waals surface area contributed by atoms with Crippen LogP contribution in [0.2, 0.25) is 0 Å². The molecule has 1 N–H and O–H groups in total. The average Bonchev–Trinajstić information content (AvgIpc) is 2.82. The summed E-state index contributed by atoms with van der Waals surface area (Å²) in [4.78, 5) is 10.8. The minimum Gasteiger partial charge on any atom is -0.484 e. The molecular weight excluding hydrogens is 281 g/mol. The number of carboxylic acid groups (broad SMARTS) is 1. The van der Waals surface area contributed by atoms with Crippen molar-refractivity contribution >= 4 is 5.97 Å². The lowest BCUT2D eigenvalue weighted by molar-refractivity contribution is -0.275. The second-order valence-electron chi connectivity index (χ2n) is 4.12. The zero-order chi connectivity index (χ0) is 14.8. The van der Waals surface area contributed by atoms with Gasteiger partial charge in [-0.3, -0.25) is 0 Å². The van der Waals surface area contributed by atoms with Crippen LogP contribution < -0.4 is 9.47 Å². The summed E-state index contributed by atoms with van der Waals surface area (Å²) in [6.07, 6.45) is -4.78. The second kappa shape index (κ2) is 5.58. The minimum atomic E-state index is -4.88. The third kappa shape index (κ3) is 3.77. The molecule has 1 fully saturated rings. The summed E-state index contributed by atoms with van der Waals surface area (Å²) in [7, 11) is 0. The molecule has 20 heavy (non-hydrogen) atoms. The molecule has 1 heterocycles. The number of benzene rings is 1. The van der Waals surface area contributed by atoms with Gasteiger partial charge in [0.1, 0.15) is 6.10 Å². The molecule has 1 aliphatic heterocycles. The molecule has 0 aromatic heterocycles. The number of hydrogen-bond acceptors (Lipinski definition) is 4. The molecule has 8 heteroatoms. The third-order valence-corrected chi connectivity index (χ3v) is 2.60. The first kappa shape index (κ1) is 14.4. The van der Waals surface area contributed by atoms with Gasteiger partial charge < -0.3 is 19.3 Å². The summed E-state index contributed by atoms with van der Waals surface area (Å²) in [5.41, 5.74) is -0.187. The number of carbonyl (C=O) groups is 1. The fourth-order valence-corrected chi connectivity index (χ4v) is 1.73. The Labute approximate surface area is 111 Å². The Morgan fingerprint density at radius 1 is 1.35 bits per heavy atom. The molecule has 0 aliphatic carbocycles. The highest BCUT2D eigenvalue weighted by molar-refractivity contribution is 5.88. The van der Waals surface area contributed by atoms with Gasteiger partial charge in [0.15, 0.2) is 11.5 Å². The monoisotopic (exact) mass is 292 g/mol. The summed E-state index contributed by atoms with van der Waals surface area (Å²) in [6.45, 7) is 0.682. The van der Waals surface area contributed by atoms with E-state index in [-0.39, 0.29) is 17.9 Å². The topological polar surface area (TPSA) is 65.0 Å². The van der Waals surface area contributed by atoms with Crippen LogP contribution in [0.15, 0.2) is 18.2 Å². The maximum atomic E-state index is 12.3. The molecule has 1 atom stereocenters. The van der Waals surface area contributed by atoms with Crippen molar-refractivity contribution in [2.75, 3.05) is 13.2 Å². The summed E-state index contributed by atoms with van der Waals surface area (Å²) < 4.78 is 51.0. The first-order valence-corrected chi connectivity index (χ1v) is 5.72. The van der Waals surface area contributed by atoms with Crippen molar-refractivity contribution in [1.82, 2.24) is 0 Å². The highest BCUT2D eigenvalue weighted by atomic mass is 19.4. The molecule has 1 aromatic rings. The number of hydrogen-bond donors (Lipinski definition) is 1. The van der Waals surface area contributed by atoms with Gasteiger partial charge in [0.2, 0.25) is 0 Å². The maximum Gasteiger partial charge on any atom is 0.573 e. The number of alkyl halides is 3. The van der Waals surface area contributed by atoms with Gasteiger partial charge in [0.25, 0.3) is 0 Å². The Morgan fingerprint density at radius 2 is 2.10 bits per heavy atom. The van der Waals surface area contributed by atoms with Crippen molar-refractivity contribution in [3.8, 4) is 11.5 Å². The van der Waals surface area contributed by atoms with Crippen molar-refractivity contribution in [1.29, 1.82) is 0 Å². The van der Waals surface area contributed by atoms with Gasteiger partial charge in [-0.2, -0.15) is 0 Å². The van der Waals surface area contributed by atoms with Crippen LogP contribution in [0.1, 0.15) is 16.8 Å². The van der Waals surface area contributed by atoms with E-state index < -0.39 is 24.2 Å². The normalized spacial score (nSPS) is 18.9. The molecule has 5 nitrogen and oxygen atoms in total. The Hall–Kier alpha value is -1.96. The fourth-order valence-electron chi connectivity index (χ4n) is 1.73. The van der Waals surface area contributed by atoms with E-state index >= 15 is 0 Å². The van der Waals surface area contributed by atoms with Crippen LogP contribution in [0.4, 0.5) is 13.2 Å². The van der Waals surface area contributed by atoms with E-state index in [0.717, 1.165) is 18.2 Å². The lowest BCUT2D eigenvalue weighted by atomic mass is 10.2. The Balaban J connectivity index is 2.26. The van der Waals surface area contributed by atoms with Crippen molar-refractivity contribution in [2.45, 2.75) is 18.9 Å². The smallest absolute Gasteiger partial charge is 0.484 e. The van der Waals surface area contributed by atoms with Gasteiger partial charge in [0, 0.05) is 6.42 Å². The minimum absolute atomic E-state index is 0.187. The third-order valence-electron chi connectivity index (χ3n) is 2.60. The zero-order valence-electron chi connectivity index (χ0n) is 10.1. The molecule has 0 bridgehead atoms. The first-order valence-electron chi connectivity index (χ1n) is 5.72. The van der Waals surface area contributed by atoms with Crippen molar-refractivity contribution < 1.29 is 37.3 Å².